The smallest absolute Gasteiger partial charge is 0.392 e. The van der Waals surface area contributed by atoms with Crippen LogP contribution in [0.1, 0.15) is 34.7 Å². The quantitative estimate of drug-likeness (QED) is 0.667. The Labute approximate surface area is 165 Å². The summed E-state index contributed by atoms with van der Waals surface area (Å²) in [6.45, 7) is 6.84. The topological polar surface area (TPSA) is 61.7 Å². The summed E-state index contributed by atoms with van der Waals surface area (Å²) in [5, 5.41) is 12.2. The second kappa shape index (κ2) is 8.58. The van der Waals surface area contributed by atoms with Crippen molar-refractivity contribution >= 4 is 29.0 Å². The molecule has 0 radical (unpaired) electrons. The molecule has 8 heteroatoms. The SMILES string of the molecule is C=C(NC(=O)/N=C(\C)c1ccc(C(F)(F)F)cc1)c1c(Cl)ccc(CO)c1C. The van der Waals surface area contributed by atoms with Crippen LogP contribution in [0.2, 0.25) is 5.02 Å². The number of benzene rings is 2. The fourth-order valence-electron chi connectivity index (χ4n) is 2.60. The summed E-state index contributed by atoms with van der Waals surface area (Å²) in [4.78, 5) is 16.0. The number of alkyl halides is 3. The Hall–Kier alpha value is -2.64. The highest BCUT2D eigenvalue weighted by atomic mass is 35.5. The summed E-state index contributed by atoms with van der Waals surface area (Å²) in [5.74, 6) is 0. The first-order valence-electron chi connectivity index (χ1n) is 8.16. The molecule has 0 saturated heterocycles. The first kappa shape index (κ1) is 21.7. The third kappa shape index (κ3) is 4.99. The summed E-state index contributed by atoms with van der Waals surface area (Å²) in [6.07, 6.45) is -4.43. The molecular weight excluding hydrogens is 393 g/mol. The van der Waals surface area contributed by atoms with Gasteiger partial charge in [-0.05, 0) is 48.7 Å². The van der Waals surface area contributed by atoms with Crippen LogP contribution in [0, 0.1) is 6.92 Å². The zero-order chi connectivity index (χ0) is 21.1. The highest BCUT2D eigenvalue weighted by molar-refractivity contribution is 6.32. The molecule has 4 nitrogen and oxygen atoms in total. The van der Waals surface area contributed by atoms with E-state index in [0.29, 0.717) is 27.3 Å². The fraction of sp³-hybridized carbons (Fsp3) is 0.200. The lowest BCUT2D eigenvalue weighted by Crippen LogP contribution is -2.20. The van der Waals surface area contributed by atoms with Gasteiger partial charge in [-0.25, -0.2) is 4.79 Å². The first-order chi connectivity index (χ1) is 13.0. The van der Waals surface area contributed by atoms with Crippen LogP contribution < -0.4 is 5.32 Å². The van der Waals surface area contributed by atoms with E-state index in [4.69, 9.17) is 11.6 Å². The van der Waals surface area contributed by atoms with E-state index in [1.807, 2.05) is 0 Å². The van der Waals surface area contributed by atoms with E-state index >= 15 is 0 Å². The lowest BCUT2D eigenvalue weighted by molar-refractivity contribution is -0.137. The Morgan fingerprint density at radius 2 is 1.82 bits per heavy atom. The molecule has 0 unspecified atom stereocenters. The number of aliphatic imine (C=N–C) groups is 1. The molecule has 0 atom stereocenters. The van der Waals surface area contributed by atoms with Crippen LogP contribution in [-0.2, 0) is 12.8 Å². The van der Waals surface area contributed by atoms with Crippen molar-refractivity contribution in [2.24, 2.45) is 4.99 Å². The van der Waals surface area contributed by atoms with Crippen molar-refractivity contribution in [3.05, 3.63) is 75.8 Å². The summed E-state index contributed by atoms with van der Waals surface area (Å²) in [5.41, 5.74) is 1.82. The molecule has 2 aromatic rings. The van der Waals surface area contributed by atoms with Crippen molar-refractivity contribution in [3.63, 3.8) is 0 Å². The number of halogens is 4. The van der Waals surface area contributed by atoms with Gasteiger partial charge in [-0.2, -0.15) is 18.2 Å². The molecule has 28 heavy (non-hydrogen) atoms. The van der Waals surface area contributed by atoms with E-state index in [1.165, 1.54) is 19.1 Å². The largest absolute Gasteiger partial charge is 0.416 e. The van der Waals surface area contributed by atoms with Gasteiger partial charge in [-0.1, -0.05) is 36.4 Å². The lowest BCUT2D eigenvalue weighted by atomic mass is 10.0. The summed E-state index contributed by atoms with van der Waals surface area (Å²) in [6, 6.07) is 6.86. The molecule has 2 amide bonds. The molecular formula is C20H18ClF3N2O2. The highest BCUT2D eigenvalue weighted by Crippen LogP contribution is 2.29. The predicted molar refractivity (Wildman–Crippen MR) is 103 cm³/mol. The summed E-state index contributed by atoms with van der Waals surface area (Å²) >= 11 is 6.17. The van der Waals surface area contributed by atoms with Crippen LogP contribution in [-0.4, -0.2) is 16.8 Å². The van der Waals surface area contributed by atoms with Gasteiger partial charge in [0.05, 0.1) is 22.9 Å². The average molecular weight is 411 g/mol. The monoisotopic (exact) mass is 410 g/mol. The van der Waals surface area contributed by atoms with E-state index in [-0.39, 0.29) is 18.0 Å². The first-order valence-corrected chi connectivity index (χ1v) is 8.54. The minimum atomic E-state index is -4.43. The average Bonchev–Trinajstić information content (AvgIpc) is 2.61. The maximum atomic E-state index is 12.6. The molecule has 0 aliphatic carbocycles. The van der Waals surface area contributed by atoms with Crippen LogP contribution in [0.5, 0.6) is 0 Å². The molecule has 0 spiro atoms. The Bertz CT molecular complexity index is 936. The highest BCUT2D eigenvalue weighted by Gasteiger charge is 2.30. The number of nitrogens with zero attached hydrogens (tertiary/aromatic N) is 1. The number of nitrogens with one attached hydrogen (secondary N) is 1. The maximum Gasteiger partial charge on any atom is 0.416 e. The van der Waals surface area contributed by atoms with E-state index < -0.39 is 17.8 Å². The van der Waals surface area contributed by atoms with E-state index in [0.717, 1.165) is 12.1 Å². The molecule has 148 valence electrons. The minimum absolute atomic E-state index is 0.192. The van der Waals surface area contributed by atoms with Crippen LogP contribution in [0.4, 0.5) is 18.0 Å². The van der Waals surface area contributed by atoms with Gasteiger partial charge in [-0.15, -0.1) is 0 Å². The Balaban J connectivity index is 2.18. The van der Waals surface area contributed by atoms with Gasteiger partial charge < -0.3 is 10.4 Å². The zero-order valence-electron chi connectivity index (χ0n) is 15.2. The van der Waals surface area contributed by atoms with Crippen molar-refractivity contribution in [2.75, 3.05) is 0 Å². The van der Waals surface area contributed by atoms with Crippen LogP contribution in [0.15, 0.2) is 48.0 Å². The Kier molecular flexibility index (Phi) is 6.64. The van der Waals surface area contributed by atoms with E-state index in [9.17, 15) is 23.1 Å². The summed E-state index contributed by atoms with van der Waals surface area (Å²) < 4.78 is 37.9. The van der Waals surface area contributed by atoms with Gasteiger partial charge in [0.15, 0.2) is 0 Å². The molecule has 0 heterocycles. The van der Waals surface area contributed by atoms with Crippen molar-refractivity contribution in [1.29, 1.82) is 0 Å². The van der Waals surface area contributed by atoms with E-state index in [1.54, 1.807) is 19.1 Å². The fourth-order valence-corrected chi connectivity index (χ4v) is 2.92. The molecule has 0 saturated carbocycles. The van der Waals surface area contributed by atoms with Crippen LogP contribution in [0.25, 0.3) is 5.70 Å². The van der Waals surface area contributed by atoms with Crippen molar-refractivity contribution < 1.29 is 23.1 Å². The van der Waals surface area contributed by atoms with E-state index in [2.05, 4.69) is 16.9 Å². The molecule has 0 aromatic heterocycles. The zero-order valence-corrected chi connectivity index (χ0v) is 15.9. The number of urea groups is 1. The molecule has 2 aromatic carbocycles. The van der Waals surface area contributed by atoms with Gasteiger partial charge in [0.1, 0.15) is 0 Å². The summed E-state index contributed by atoms with van der Waals surface area (Å²) in [7, 11) is 0. The number of rotatable bonds is 4. The normalized spacial score (nSPS) is 12.0. The standard InChI is InChI=1S/C20H18ClF3N2O2/c1-11-15(10-27)6-9-17(21)18(11)13(3)26-19(28)25-12(2)14-4-7-16(8-5-14)20(22,23)24/h4-9,27H,3,10H2,1-2H3,(H,26,28)/b25-12+. The number of hydrogen-bond acceptors (Lipinski definition) is 2. The number of amides is 2. The Morgan fingerprint density at radius 1 is 1.21 bits per heavy atom. The second-order valence-electron chi connectivity index (χ2n) is 6.05. The Morgan fingerprint density at radius 3 is 2.36 bits per heavy atom. The van der Waals surface area contributed by atoms with Crippen LogP contribution in [0.3, 0.4) is 0 Å². The van der Waals surface area contributed by atoms with Crippen molar-refractivity contribution in [3.8, 4) is 0 Å². The maximum absolute atomic E-state index is 12.6. The van der Waals surface area contributed by atoms with Gasteiger partial charge in [0.25, 0.3) is 0 Å². The lowest BCUT2D eigenvalue weighted by Gasteiger charge is -2.14. The molecule has 2 N–H and O–H groups in total. The molecule has 0 fully saturated rings. The van der Waals surface area contributed by atoms with Gasteiger partial charge in [0.2, 0.25) is 0 Å². The van der Waals surface area contributed by atoms with Gasteiger partial charge >= 0.3 is 12.2 Å². The number of carbonyl (C=O) groups excluding carboxylic acids is 1. The van der Waals surface area contributed by atoms with Crippen molar-refractivity contribution in [1.82, 2.24) is 5.32 Å². The second-order valence-corrected chi connectivity index (χ2v) is 6.45. The minimum Gasteiger partial charge on any atom is -0.392 e. The third-order valence-electron chi connectivity index (χ3n) is 4.16. The number of aliphatic hydroxyl groups is 1. The van der Waals surface area contributed by atoms with Crippen molar-refractivity contribution in [2.45, 2.75) is 26.6 Å². The predicted octanol–water partition coefficient (Wildman–Crippen LogP) is 5.35. The molecule has 0 aliphatic rings. The van der Waals surface area contributed by atoms with Gasteiger partial charge in [-0.3, -0.25) is 0 Å². The molecule has 0 bridgehead atoms. The number of hydrogen-bond donors (Lipinski definition) is 2. The van der Waals surface area contributed by atoms with Gasteiger partial charge in [0, 0.05) is 11.3 Å². The molecule has 2 rings (SSSR count). The van der Waals surface area contributed by atoms with Crippen LogP contribution >= 0.6 is 11.6 Å². The number of aliphatic hydroxyl groups excluding tert-OH is 1. The third-order valence-corrected chi connectivity index (χ3v) is 4.47. The number of carbonyl (C=O) groups is 1. The molecule has 0 aliphatic heterocycles.